The van der Waals surface area contributed by atoms with Crippen LogP contribution in [0.1, 0.15) is 0 Å². The molecule has 1 unspecified atom stereocenters. The maximum absolute atomic E-state index is 12.8. The Balaban J connectivity index is 2.14. The topological polar surface area (TPSA) is 102 Å². The van der Waals surface area contributed by atoms with Crippen LogP contribution in [0.5, 0.6) is 0 Å². The molecular weight excluding hydrogens is 301 g/mol. The molecule has 3 aliphatic heterocycles. The average Bonchev–Trinajstić information content (AvgIpc) is 3.07. The van der Waals surface area contributed by atoms with Crippen LogP contribution in [-0.2, 0) is 27.9 Å². The third-order valence-electron chi connectivity index (χ3n) is 4.56. The second kappa shape index (κ2) is 4.39. The van der Waals surface area contributed by atoms with Gasteiger partial charge in [-0.05, 0) is 0 Å². The molecule has 0 saturated carbocycles. The standard InChI is InChI=1S/C12H16NO7P/c1-13-9(14)8-7(10(15)16)6-4-5-12(8,20-6)11(13)21(17,18-2)19-3/h4-8,11H,1-3H3,(H,15,16)/t6-,7-,8+,11?,12+/m0/s1. The normalized spacial score (nSPS) is 40.9. The van der Waals surface area contributed by atoms with Crippen molar-refractivity contribution in [3.05, 3.63) is 12.2 Å². The molecule has 1 N–H and O–H groups in total. The quantitative estimate of drug-likeness (QED) is 0.587. The number of likely N-dealkylation sites (tertiary alicyclic amines) is 1. The first kappa shape index (κ1) is 14.7. The Kier molecular flexibility index (Phi) is 3.08. The Hall–Kier alpha value is -1.21. The summed E-state index contributed by atoms with van der Waals surface area (Å²) in [5, 5.41) is 9.37. The second-order valence-corrected chi connectivity index (χ2v) is 7.66. The molecule has 3 heterocycles. The van der Waals surface area contributed by atoms with Crippen molar-refractivity contribution < 1.29 is 33.0 Å². The molecule has 0 aromatic carbocycles. The van der Waals surface area contributed by atoms with Gasteiger partial charge in [0.25, 0.3) is 0 Å². The van der Waals surface area contributed by atoms with Gasteiger partial charge < -0.3 is 23.8 Å². The van der Waals surface area contributed by atoms with Gasteiger partial charge in [-0.2, -0.15) is 0 Å². The molecule has 0 aliphatic carbocycles. The number of carboxylic acids is 1. The maximum Gasteiger partial charge on any atom is 0.355 e. The first-order valence-electron chi connectivity index (χ1n) is 6.40. The van der Waals surface area contributed by atoms with E-state index in [4.69, 9.17) is 13.8 Å². The van der Waals surface area contributed by atoms with Gasteiger partial charge in [0.2, 0.25) is 5.91 Å². The zero-order chi connectivity index (χ0) is 15.6. The van der Waals surface area contributed by atoms with E-state index in [1.54, 1.807) is 12.2 Å². The van der Waals surface area contributed by atoms with Crippen molar-refractivity contribution >= 4 is 19.5 Å². The van der Waals surface area contributed by atoms with Crippen LogP contribution in [0.4, 0.5) is 0 Å². The number of carbonyl (C=O) groups is 2. The average molecular weight is 317 g/mol. The fourth-order valence-electron chi connectivity index (χ4n) is 3.71. The molecule has 2 saturated heterocycles. The van der Waals surface area contributed by atoms with Crippen molar-refractivity contribution in [1.29, 1.82) is 0 Å². The van der Waals surface area contributed by atoms with Crippen LogP contribution < -0.4 is 0 Å². The molecule has 0 aromatic heterocycles. The zero-order valence-corrected chi connectivity index (χ0v) is 12.6. The van der Waals surface area contributed by atoms with Crippen LogP contribution in [0.15, 0.2) is 12.2 Å². The van der Waals surface area contributed by atoms with E-state index in [0.717, 1.165) is 0 Å². The van der Waals surface area contributed by atoms with Crippen molar-refractivity contribution in [3.63, 3.8) is 0 Å². The van der Waals surface area contributed by atoms with Crippen LogP contribution in [0.25, 0.3) is 0 Å². The molecule has 1 amide bonds. The molecular formula is C12H16NO7P. The molecule has 3 rings (SSSR count). The monoisotopic (exact) mass is 317 g/mol. The van der Waals surface area contributed by atoms with Gasteiger partial charge in [0.15, 0.2) is 5.78 Å². The van der Waals surface area contributed by atoms with Crippen LogP contribution in [0, 0.1) is 11.8 Å². The molecule has 9 heteroatoms. The molecule has 0 aromatic rings. The number of carboxylic acid groups (broad SMARTS) is 1. The van der Waals surface area contributed by atoms with E-state index < -0.39 is 48.8 Å². The largest absolute Gasteiger partial charge is 0.481 e. The number of fused-ring (bicyclic) bond motifs is 1. The highest BCUT2D eigenvalue weighted by atomic mass is 31.2. The van der Waals surface area contributed by atoms with Crippen LogP contribution in [-0.4, -0.2) is 60.6 Å². The van der Waals surface area contributed by atoms with E-state index in [1.165, 1.54) is 26.2 Å². The summed E-state index contributed by atoms with van der Waals surface area (Å²) in [5.41, 5.74) is -1.28. The van der Waals surface area contributed by atoms with E-state index in [-0.39, 0.29) is 0 Å². The number of aliphatic carboxylic acids is 1. The summed E-state index contributed by atoms with van der Waals surface area (Å²) >= 11 is 0. The fourth-order valence-corrected chi connectivity index (χ4v) is 5.60. The lowest BCUT2D eigenvalue weighted by Gasteiger charge is -2.34. The summed E-state index contributed by atoms with van der Waals surface area (Å²) in [6.07, 6.45) is 2.53. The van der Waals surface area contributed by atoms with Crippen molar-refractivity contribution in [3.8, 4) is 0 Å². The summed E-state index contributed by atoms with van der Waals surface area (Å²) < 4.78 is 28.6. The van der Waals surface area contributed by atoms with Gasteiger partial charge in [0, 0.05) is 21.3 Å². The van der Waals surface area contributed by atoms with Gasteiger partial charge in [0.1, 0.15) is 11.5 Å². The molecule has 2 fully saturated rings. The van der Waals surface area contributed by atoms with E-state index in [1.807, 2.05) is 0 Å². The van der Waals surface area contributed by atoms with E-state index in [0.29, 0.717) is 0 Å². The van der Waals surface area contributed by atoms with Crippen LogP contribution in [0.3, 0.4) is 0 Å². The number of ether oxygens (including phenoxy) is 1. The van der Waals surface area contributed by atoms with Crippen LogP contribution in [0.2, 0.25) is 0 Å². The molecule has 8 nitrogen and oxygen atoms in total. The molecule has 116 valence electrons. The van der Waals surface area contributed by atoms with Gasteiger partial charge in [-0.1, -0.05) is 12.2 Å². The Bertz CT molecular complexity index is 582. The van der Waals surface area contributed by atoms with Gasteiger partial charge in [-0.3, -0.25) is 14.2 Å². The third kappa shape index (κ3) is 1.59. The number of nitrogens with zero attached hydrogens (tertiary/aromatic N) is 1. The Morgan fingerprint density at radius 3 is 2.62 bits per heavy atom. The highest BCUT2D eigenvalue weighted by Crippen LogP contribution is 2.66. The molecule has 5 atom stereocenters. The Morgan fingerprint density at radius 2 is 2.10 bits per heavy atom. The van der Waals surface area contributed by atoms with E-state index >= 15 is 0 Å². The lowest BCUT2D eigenvalue weighted by atomic mass is 9.77. The second-order valence-electron chi connectivity index (χ2n) is 5.36. The van der Waals surface area contributed by atoms with Gasteiger partial charge in [0.05, 0.1) is 12.0 Å². The number of rotatable bonds is 4. The van der Waals surface area contributed by atoms with Gasteiger partial charge >= 0.3 is 13.6 Å². The number of hydrogen-bond acceptors (Lipinski definition) is 6. The summed E-state index contributed by atoms with van der Waals surface area (Å²) in [6.45, 7) is 0. The maximum atomic E-state index is 12.8. The SMILES string of the molecule is COP(=O)(OC)C1N(C)C(=O)[C@H]2[C@@H](C(=O)O)[C@@H]3C=C[C@]12O3. The van der Waals surface area contributed by atoms with Crippen molar-refractivity contribution in [1.82, 2.24) is 4.90 Å². The molecule has 0 radical (unpaired) electrons. The van der Waals surface area contributed by atoms with Gasteiger partial charge in [-0.15, -0.1) is 0 Å². The summed E-state index contributed by atoms with van der Waals surface area (Å²) in [6, 6.07) is 0. The Morgan fingerprint density at radius 1 is 1.48 bits per heavy atom. The Labute approximate surface area is 121 Å². The van der Waals surface area contributed by atoms with Crippen molar-refractivity contribution in [2.24, 2.45) is 11.8 Å². The number of carbonyl (C=O) groups excluding carboxylic acids is 1. The molecule has 2 bridgehead atoms. The summed E-state index contributed by atoms with van der Waals surface area (Å²) in [4.78, 5) is 25.2. The smallest absolute Gasteiger partial charge is 0.355 e. The first-order valence-corrected chi connectivity index (χ1v) is 8.01. The number of likely N-dealkylation sites (N-methyl/N-ethyl adjacent to an activating group) is 1. The molecule has 1 spiro atoms. The van der Waals surface area contributed by atoms with Crippen LogP contribution >= 0.6 is 7.60 Å². The fraction of sp³-hybridized carbons (Fsp3) is 0.667. The predicted molar refractivity (Wildman–Crippen MR) is 69.5 cm³/mol. The highest BCUT2D eigenvalue weighted by Gasteiger charge is 2.74. The minimum atomic E-state index is -3.67. The molecule has 21 heavy (non-hydrogen) atoms. The summed E-state index contributed by atoms with van der Waals surface area (Å²) in [7, 11) is 0.241. The first-order chi connectivity index (χ1) is 9.82. The summed E-state index contributed by atoms with van der Waals surface area (Å²) in [5.74, 6) is -4.43. The predicted octanol–water partition coefficient (Wildman–Crippen LogP) is 0.295. The number of amides is 1. The third-order valence-corrected chi connectivity index (χ3v) is 6.93. The molecule has 3 aliphatic rings. The van der Waals surface area contributed by atoms with Crippen molar-refractivity contribution in [2.45, 2.75) is 17.5 Å². The van der Waals surface area contributed by atoms with Gasteiger partial charge in [-0.25, -0.2) is 0 Å². The van der Waals surface area contributed by atoms with Crippen molar-refractivity contribution in [2.75, 3.05) is 21.3 Å². The zero-order valence-electron chi connectivity index (χ0n) is 11.8. The lowest BCUT2D eigenvalue weighted by molar-refractivity contribution is -0.147. The number of hydrogen-bond donors (Lipinski definition) is 1. The highest BCUT2D eigenvalue weighted by molar-refractivity contribution is 7.54. The lowest BCUT2D eigenvalue weighted by Crippen LogP contribution is -2.44. The minimum absolute atomic E-state index is 0.423. The minimum Gasteiger partial charge on any atom is -0.481 e. The van der Waals surface area contributed by atoms with E-state index in [9.17, 15) is 19.3 Å². The van der Waals surface area contributed by atoms with E-state index in [2.05, 4.69) is 0 Å².